The lowest BCUT2D eigenvalue weighted by Crippen LogP contribution is -2.59. The SMILES string of the molecule is COC(=O)C1CN(C(=O)OCc2cccnc2)CCN1S(=O)(=O)c1ccc(OC)cc1. The van der Waals surface area contributed by atoms with Crippen molar-refractivity contribution in [3.05, 3.63) is 54.4 Å². The number of ether oxygens (including phenoxy) is 3. The van der Waals surface area contributed by atoms with E-state index in [0.29, 0.717) is 11.3 Å². The van der Waals surface area contributed by atoms with Crippen molar-refractivity contribution in [2.24, 2.45) is 0 Å². The van der Waals surface area contributed by atoms with Crippen LogP contribution in [0.1, 0.15) is 5.56 Å². The third-order valence-electron chi connectivity index (χ3n) is 4.81. The third-order valence-corrected chi connectivity index (χ3v) is 6.74. The lowest BCUT2D eigenvalue weighted by atomic mass is 10.2. The first-order valence-corrected chi connectivity index (χ1v) is 10.8. The van der Waals surface area contributed by atoms with E-state index in [2.05, 4.69) is 4.98 Å². The molecule has 1 unspecified atom stereocenters. The molecular formula is C20H23N3O7S. The topological polar surface area (TPSA) is 115 Å². The number of methoxy groups -OCH3 is 2. The van der Waals surface area contributed by atoms with E-state index in [4.69, 9.17) is 14.2 Å². The molecule has 166 valence electrons. The van der Waals surface area contributed by atoms with Crippen molar-refractivity contribution in [1.82, 2.24) is 14.2 Å². The fraction of sp³-hybridized carbons (Fsp3) is 0.350. The summed E-state index contributed by atoms with van der Waals surface area (Å²) in [6.07, 6.45) is 2.53. The number of rotatable bonds is 6. The van der Waals surface area contributed by atoms with Gasteiger partial charge in [0.25, 0.3) is 0 Å². The van der Waals surface area contributed by atoms with Gasteiger partial charge in [-0.2, -0.15) is 4.31 Å². The van der Waals surface area contributed by atoms with Crippen LogP contribution in [0.5, 0.6) is 5.75 Å². The van der Waals surface area contributed by atoms with Gasteiger partial charge in [0.2, 0.25) is 10.0 Å². The van der Waals surface area contributed by atoms with E-state index in [1.807, 2.05) is 0 Å². The van der Waals surface area contributed by atoms with Crippen molar-refractivity contribution in [3.8, 4) is 5.75 Å². The molecule has 1 saturated heterocycles. The highest BCUT2D eigenvalue weighted by atomic mass is 32.2. The Kier molecular flexibility index (Phi) is 7.08. The molecule has 1 aromatic heterocycles. The summed E-state index contributed by atoms with van der Waals surface area (Å²) in [5.41, 5.74) is 0.709. The van der Waals surface area contributed by atoms with E-state index < -0.39 is 28.1 Å². The smallest absolute Gasteiger partial charge is 0.410 e. The van der Waals surface area contributed by atoms with E-state index in [9.17, 15) is 18.0 Å². The van der Waals surface area contributed by atoms with Crippen molar-refractivity contribution < 1.29 is 32.2 Å². The Bertz CT molecular complexity index is 1010. The Morgan fingerprint density at radius 1 is 1.13 bits per heavy atom. The molecule has 1 atom stereocenters. The fourth-order valence-corrected chi connectivity index (χ4v) is 4.71. The molecule has 1 aliphatic rings. The molecule has 11 heteroatoms. The quantitative estimate of drug-likeness (QED) is 0.606. The number of carbonyl (C=O) groups excluding carboxylic acids is 2. The number of pyridine rings is 1. The average molecular weight is 449 g/mol. The molecule has 1 amide bonds. The summed E-state index contributed by atoms with van der Waals surface area (Å²) >= 11 is 0. The predicted molar refractivity (Wildman–Crippen MR) is 109 cm³/mol. The molecule has 10 nitrogen and oxygen atoms in total. The molecule has 3 rings (SSSR count). The fourth-order valence-electron chi connectivity index (χ4n) is 3.15. The van der Waals surface area contributed by atoms with Gasteiger partial charge in [-0.3, -0.25) is 9.78 Å². The summed E-state index contributed by atoms with van der Waals surface area (Å²) in [5.74, 6) is -0.258. The zero-order valence-corrected chi connectivity index (χ0v) is 17.9. The van der Waals surface area contributed by atoms with Crippen LogP contribution in [-0.4, -0.2) is 74.6 Å². The average Bonchev–Trinajstić information content (AvgIpc) is 2.82. The van der Waals surface area contributed by atoms with Crippen LogP contribution < -0.4 is 4.74 Å². The van der Waals surface area contributed by atoms with Crippen LogP contribution in [0.3, 0.4) is 0 Å². The minimum absolute atomic E-state index is 0.00908. The molecule has 1 aromatic carbocycles. The highest BCUT2D eigenvalue weighted by Gasteiger charge is 2.42. The van der Waals surface area contributed by atoms with Gasteiger partial charge in [-0.1, -0.05) is 6.07 Å². The highest BCUT2D eigenvalue weighted by molar-refractivity contribution is 7.89. The minimum Gasteiger partial charge on any atom is -0.497 e. The summed E-state index contributed by atoms with van der Waals surface area (Å²) in [4.78, 5) is 30.1. The molecule has 0 spiro atoms. The summed E-state index contributed by atoms with van der Waals surface area (Å²) in [7, 11) is -1.36. The van der Waals surface area contributed by atoms with Crippen LogP contribution in [0.25, 0.3) is 0 Å². The summed E-state index contributed by atoms with van der Waals surface area (Å²) in [6.45, 7) is -0.196. The highest BCUT2D eigenvalue weighted by Crippen LogP contribution is 2.24. The molecule has 1 fully saturated rings. The van der Waals surface area contributed by atoms with E-state index in [1.165, 1.54) is 43.4 Å². The maximum absolute atomic E-state index is 13.1. The lowest BCUT2D eigenvalue weighted by Gasteiger charge is -2.38. The second kappa shape index (κ2) is 9.75. The normalized spacial score (nSPS) is 17.1. The van der Waals surface area contributed by atoms with Crippen molar-refractivity contribution in [2.75, 3.05) is 33.9 Å². The van der Waals surface area contributed by atoms with Gasteiger partial charge < -0.3 is 19.1 Å². The zero-order chi connectivity index (χ0) is 22.4. The van der Waals surface area contributed by atoms with Crippen LogP contribution in [0.2, 0.25) is 0 Å². The van der Waals surface area contributed by atoms with Crippen molar-refractivity contribution >= 4 is 22.1 Å². The minimum atomic E-state index is -4.01. The number of aromatic nitrogens is 1. The van der Waals surface area contributed by atoms with Gasteiger partial charge in [-0.25, -0.2) is 13.2 Å². The Labute approximate surface area is 180 Å². The summed E-state index contributed by atoms with van der Waals surface area (Å²) in [5, 5.41) is 0. The number of benzene rings is 1. The van der Waals surface area contributed by atoms with Crippen molar-refractivity contribution in [2.45, 2.75) is 17.5 Å². The Balaban J connectivity index is 1.74. The molecule has 0 N–H and O–H groups in total. The number of hydrogen-bond donors (Lipinski definition) is 0. The second-order valence-electron chi connectivity index (χ2n) is 6.69. The maximum atomic E-state index is 13.1. The van der Waals surface area contributed by atoms with Gasteiger partial charge in [0.15, 0.2) is 0 Å². The molecule has 0 bridgehead atoms. The zero-order valence-electron chi connectivity index (χ0n) is 17.1. The van der Waals surface area contributed by atoms with Gasteiger partial charge in [0.1, 0.15) is 18.4 Å². The Morgan fingerprint density at radius 3 is 2.48 bits per heavy atom. The number of piperazine rings is 1. The van der Waals surface area contributed by atoms with Crippen LogP contribution in [0.15, 0.2) is 53.7 Å². The van der Waals surface area contributed by atoms with E-state index in [0.717, 1.165) is 4.31 Å². The standard InChI is InChI=1S/C20H23N3O7S/c1-28-16-5-7-17(8-6-16)31(26,27)23-11-10-22(13-18(23)19(24)29-2)20(25)30-14-15-4-3-9-21-12-15/h3-9,12,18H,10-11,13-14H2,1-2H3. The molecule has 2 aromatic rings. The number of amides is 1. The van der Waals surface area contributed by atoms with E-state index in [-0.39, 0.29) is 31.1 Å². The van der Waals surface area contributed by atoms with Gasteiger partial charge in [-0.05, 0) is 30.3 Å². The van der Waals surface area contributed by atoms with Gasteiger partial charge in [0, 0.05) is 31.0 Å². The molecule has 31 heavy (non-hydrogen) atoms. The number of carbonyl (C=O) groups is 2. The lowest BCUT2D eigenvalue weighted by molar-refractivity contribution is -0.146. The molecule has 0 aliphatic carbocycles. The molecular weight excluding hydrogens is 426 g/mol. The van der Waals surface area contributed by atoms with Gasteiger partial charge in [0.05, 0.1) is 25.7 Å². The molecule has 2 heterocycles. The number of nitrogens with zero attached hydrogens (tertiary/aromatic N) is 3. The second-order valence-corrected chi connectivity index (χ2v) is 8.58. The number of hydrogen-bond acceptors (Lipinski definition) is 8. The van der Waals surface area contributed by atoms with E-state index in [1.54, 1.807) is 24.5 Å². The van der Waals surface area contributed by atoms with Crippen LogP contribution in [-0.2, 0) is 30.9 Å². The summed E-state index contributed by atoms with van der Waals surface area (Å²) < 4.78 is 42.4. The number of esters is 1. The van der Waals surface area contributed by atoms with Crippen molar-refractivity contribution in [1.29, 1.82) is 0 Å². The Hall–Kier alpha value is -3.18. The van der Waals surface area contributed by atoms with Crippen LogP contribution >= 0.6 is 0 Å². The molecule has 1 aliphatic heterocycles. The summed E-state index contributed by atoms with van der Waals surface area (Å²) in [6, 6.07) is 8.12. The van der Waals surface area contributed by atoms with Gasteiger partial charge in [-0.15, -0.1) is 0 Å². The largest absolute Gasteiger partial charge is 0.497 e. The van der Waals surface area contributed by atoms with Gasteiger partial charge >= 0.3 is 12.1 Å². The van der Waals surface area contributed by atoms with Crippen LogP contribution in [0.4, 0.5) is 4.79 Å². The molecule has 0 radical (unpaired) electrons. The van der Waals surface area contributed by atoms with E-state index >= 15 is 0 Å². The van der Waals surface area contributed by atoms with Crippen molar-refractivity contribution in [3.63, 3.8) is 0 Å². The van der Waals surface area contributed by atoms with Crippen LogP contribution in [0, 0.1) is 0 Å². The Morgan fingerprint density at radius 2 is 1.87 bits per heavy atom. The molecule has 0 saturated carbocycles. The predicted octanol–water partition coefficient (Wildman–Crippen LogP) is 1.27. The first-order valence-electron chi connectivity index (χ1n) is 9.41. The maximum Gasteiger partial charge on any atom is 0.410 e. The third kappa shape index (κ3) is 5.12. The number of sulfonamides is 1. The first-order chi connectivity index (χ1) is 14.9. The monoisotopic (exact) mass is 449 g/mol. The first kappa shape index (κ1) is 22.5.